The summed E-state index contributed by atoms with van der Waals surface area (Å²) in [4.78, 5) is 34.2. The van der Waals surface area contributed by atoms with Crippen LogP contribution in [-0.2, 0) is 14.2 Å². The zero-order chi connectivity index (χ0) is 29.9. The zero-order valence-electron chi connectivity index (χ0n) is 24.5. The van der Waals surface area contributed by atoms with Gasteiger partial charge in [0.15, 0.2) is 0 Å². The van der Waals surface area contributed by atoms with Crippen LogP contribution in [0.2, 0.25) is 0 Å². The summed E-state index contributed by atoms with van der Waals surface area (Å²) >= 11 is 0. The van der Waals surface area contributed by atoms with E-state index in [0.29, 0.717) is 24.6 Å². The number of anilines is 3. The Morgan fingerprint density at radius 3 is 2.60 bits per heavy atom. The van der Waals surface area contributed by atoms with Crippen molar-refractivity contribution in [2.75, 3.05) is 80.7 Å². The summed E-state index contributed by atoms with van der Waals surface area (Å²) in [5.41, 5.74) is 7.66. The van der Waals surface area contributed by atoms with E-state index in [9.17, 15) is 10.1 Å². The normalized spacial score (nSPS) is 24.7. The number of benzene rings is 1. The van der Waals surface area contributed by atoms with Gasteiger partial charge in [-0.05, 0) is 37.3 Å². The molecule has 3 aliphatic rings. The number of piperazine rings is 1. The number of carbonyl (C=O) groups excluding carboxylic acids is 1. The number of amides is 1. The van der Waals surface area contributed by atoms with Crippen LogP contribution in [-0.4, -0.2) is 116 Å². The van der Waals surface area contributed by atoms with Crippen LogP contribution < -0.4 is 20.4 Å². The van der Waals surface area contributed by atoms with Crippen LogP contribution in [0, 0.1) is 11.3 Å². The van der Waals surface area contributed by atoms with Crippen molar-refractivity contribution in [3.63, 3.8) is 0 Å². The number of primary amides is 1. The standard InChI is InChI=1S/C30H37N9O4/c1-20-15-38(24-6-5-21(14-31)28-23(24)4-3-8-33-28)17-22(42-20)16-36-10-12-37(13-11-36)30-34-9-7-27(35-30)39-18-25(41-2)26(19-39)43-29(32)40/h3-9,20,22,25-26H,10-13,15-19H2,1-2H3,(H2,32,40)/t20-,22+,25+,26+/m1/s1. The molecule has 6 rings (SSSR count). The molecule has 13 nitrogen and oxygen atoms in total. The third-order valence-electron chi connectivity index (χ3n) is 8.39. The number of ether oxygens (including phenoxy) is 3. The van der Waals surface area contributed by atoms with E-state index in [4.69, 9.17) is 24.9 Å². The number of nitrogens with zero attached hydrogens (tertiary/aromatic N) is 8. The fourth-order valence-corrected chi connectivity index (χ4v) is 6.37. The lowest BCUT2D eigenvalue weighted by Crippen LogP contribution is -2.54. The number of rotatable bonds is 7. The van der Waals surface area contributed by atoms with E-state index in [1.54, 1.807) is 19.5 Å². The largest absolute Gasteiger partial charge is 0.442 e. The Labute approximate surface area is 250 Å². The van der Waals surface area contributed by atoms with Gasteiger partial charge in [-0.2, -0.15) is 10.2 Å². The maximum Gasteiger partial charge on any atom is 0.404 e. The van der Waals surface area contributed by atoms with Gasteiger partial charge in [-0.1, -0.05) is 0 Å². The summed E-state index contributed by atoms with van der Waals surface area (Å²) in [6.45, 7) is 8.84. The van der Waals surface area contributed by atoms with Crippen molar-refractivity contribution < 1.29 is 19.0 Å². The maximum absolute atomic E-state index is 11.3. The van der Waals surface area contributed by atoms with Crippen molar-refractivity contribution in [2.24, 2.45) is 5.73 Å². The number of methoxy groups -OCH3 is 1. The molecule has 2 aromatic heterocycles. The molecule has 3 fully saturated rings. The summed E-state index contributed by atoms with van der Waals surface area (Å²) in [6.07, 6.45) is 2.10. The van der Waals surface area contributed by atoms with Gasteiger partial charge >= 0.3 is 6.09 Å². The molecular weight excluding hydrogens is 550 g/mol. The number of carbonyl (C=O) groups is 1. The number of pyridine rings is 1. The smallest absolute Gasteiger partial charge is 0.404 e. The summed E-state index contributed by atoms with van der Waals surface area (Å²) < 4.78 is 17.1. The average Bonchev–Trinajstić information content (AvgIpc) is 3.43. The zero-order valence-corrected chi connectivity index (χ0v) is 24.5. The molecule has 1 aromatic carbocycles. The molecule has 5 heterocycles. The summed E-state index contributed by atoms with van der Waals surface area (Å²) in [5.74, 6) is 1.45. The van der Waals surface area contributed by atoms with Crippen molar-refractivity contribution >= 4 is 34.4 Å². The number of hydrogen-bond donors (Lipinski definition) is 1. The van der Waals surface area contributed by atoms with E-state index in [1.165, 1.54) is 0 Å². The average molecular weight is 588 g/mol. The number of fused-ring (bicyclic) bond motifs is 1. The van der Waals surface area contributed by atoms with Crippen LogP contribution in [0.15, 0.2) is 42.7 Å². The van der Waals surface area contributed by atoms with E-state index >= 15 is 0 Å². The van der Waals surface area contributed by atoms with Gasteiger partial charge in [0.2, 0.25) is 5.95 Å². The molecule has 3 aromatic rings. The fraction of sp³-hybridized carbons (Fsp3) is 0.500. The lowest BCUT2D eigenvalue weighted by atomic mass is 10.1. The molecule has 3 aliphatic heterocycles. The minimum atomic E-state index is -0.809. The molecule has 226 valence electrons. The maximum atomic E-state index is 11.3. The lowest BCUT2D eigenvalue weighted by molar-refractivity contribution is -0.0327. The quantitative estimate of drug-likeness (QED) is 0.428. The SMILES string of the molecule is CO[C@H]1CN(c2ccnc(N3CCN(C[C@H]4CN(c5ccc(C#N)c6ncccc56)C[C@@H](C)O4)CC3)n2)C[C@@H]1OC(N)=O. The molecule has 0 aliphatic carbocycles. The Bertz CT molecular complexity index is 1490. The highest BCUT2D eigenvalue weighted by Gasteiger charge is 2.36. The number of morpholine rings is 1. The second kappa shape index (κ2) is 12.5. The van der Waals surface area contributed by atoms with E-state index in [2.05, 4.69) is 37.7 Å². The van der Waals surface area contributed by atoms with Gasteiger partial charge in [0, 0.05) is 82.9 Å². The summed E-state index contributed by atoms with van der Waals surface area (Å²) in [5, 5.41) is 10.5. The minimum Gasteiger partial charge on any atom is -0.442 e. The first kappa shape index (κ1) is 28.9. The molecule has 3 saturated heterocycles. The van der Waals surface area contributed by atoms with E-state index in [0.717, 1.165) is 68.2 Å². The predicted molar refractivity (Wildman–Crippen MR) is 161 cm³/mol. The number of nitrogens with two attached hydrogens (primary N) is 1. The van der Waals surface area contributed by atoms with Gasteiger partial charge in [-0.15, -0.1) is 0 Å². The summed E-state index contributed by atoms with van der Waals surface area (Å²) in [7, 11) is 1.60. The minimum absolute atomic E-state index is 0.0525. The third-order valence-corrected chi connectivity index (χ3v) is 8.39. The number of nitriles is 1. The van der Waals surface area contributed by atoms with E-state index in [-0.39, 0.29) is 18.3 Å². The van der Waals surface area contributed by atoms with E-state index < -0.39 is 12.2 Å². The molecular formula is C30H37N9O4. The van der Waals surface area contributed by atoms with Gasteiger partial charge in [0.25, 0.3) is 0 Å². The highest BCUT2D eigenvalue weighted by molar-refractivity contribution is 5.95. The topological polar surface area (TPSA) is 146 Å². The van der Waals surface area contributed by atoms with Crippen molar-refractivity contribution in [3.8, 4) is 6.07 Å². The Morgan fingerprint density at radius 1 is 1.02 bits per heavy atom. The molecule has 4 atom stereocenters. The number of hydrogen-bond acceptors (Lipinski definition) is 12. The van der Waals surface area contributed by atoms with Gasteiger partial charge in [0.1, 0.15) is 24.1 Å². The van der Waals surface area contributed by atoms with Crippen LogP contribution in [0.3, 0.4) is 0 Å². The Hall–Kier alpha value is -4.25. The molecule has 0 radical (unpaired) electrons. The van der Waals surface area contributed by atoms with Gasteiger partial charge < -0.3 is 34.6 Å². The third kappa shape index (κ3) is 6.27. The highest BCUT2D eigenvalue weighted by atomic mass is 16.6. The van der Waals surface area contributed by atoms with E-state index in [1.807, 2.05) is 35.2 Å². The first-order valence-corrected chi connectivity index (χ1v) is 14.6. The molecule has 13 heteroatoms. The molecule has 1 amide bonds. The highest BCUT2D eigenvalue weighted by Crippen LogP contribution is 2.30. The van der Waals surface area contributed by atoms with Crippen LogP contribution in [0.5, 0.6) is 0 Å². The second-order valence-corrected chi connectivity index (χ2v) is 11.3. The lowest BCUT2D eigenvalue weighted by Gasteiger charge is -2.42. The second-order valence-electron chi connectivity index (χ2n) is 11.3. The predicted octanol–water partition coefficient (Wildman–Crippen LogP) is 1.61. The van der Waals surface area contributed by atoms with Crippen LogP contribution in [0.4, 0.5) is 22.2 Å². The Kier molecular flexibility index (Phi) is 8.42. The van der Waals surface area contributed by atoms with Crippen molar-refractivity contribution in [1.82, 2.24) is 19.9 Å². The van der Waals surface area contributed by atoms with Gasteiger partial charge in [-0.25, -0.2) is 9.78 Å². The molecule has 2 N–H and O–H groups in total. The van der Waals surface area contributed by atoms with Crippen molar-refractivity contribution in [1.29, 1.82) is 5.26 Å². The monoisotopic (exact) mass is 587 g/mol. The fourth-order valence-electron chi connectivity index (χ4n) is 6.37. The molecule has 0 spiro atoms. The van der Waals surface area contributed by atoms with Crippen LogP contribution in [0.25, 0.3) is 10.9 Å². The van der Waals surface area contributed by atoms with Crippen LogP contribution in [0.1, 0.15) is 12.5 Å². The Morgan fingerprint density at radius 2 is 1.84 bits per heavy atom. The first-order valence-electron chi connectivity index (χ1n) is 14.6. The molecule has 0 bridgehead atoms. The van der Waals surface area contributed by atoms with Gasteiger partial charge in [-0.3, -0.25) is 9.88 Å². The van der Waals surface area contributed by atoms with Crippen LogP contribution >= 0.6 is 0 Å². The summed E-state index contributed by atoms with van der Waals surface area (Å²) in [6, 6.07) is 12.0. The first-order chi connectivity index (χ1) is 20.9. The van der Waals surface area contributed by atoms with Crippen molar-refractivity contribution in [2.45, 2.75) is 31.3 Å². The molecule has 43 heavy (non-hydrogen) atoms. The Balaban J connectivity index is 1.07. The van der Waals surface area contributed by atoms with Gasteiger partial charge in [0.05, 0.1) is 29.8 Å². The molecule has 0 unspecified atom stereocenters. The van der Waals surface area contributed by atoms with Crippen molar-refractivity contribution in [3.05, 3.63) is 48.3 Å². The number of aromatic nitrogens is 3. The molecule has 0 saturated carbocycles.